The minimum atomic E-state index is -0.509. The summed E-state index contributed by atoms with van der Waals surface area (Å²) in [6.45, 7) is 5.23. The first-order chi connectivity index (χ1) is 7.12. The van der Waals surface area contributed by atoms with E-state index in [2.05, 4.69) is 0 Å². The summed E-state index contributed by atoms with van der Waals surface area (Å²) in [4.78, 5) is 11.6. The molecule has 0 bridgehead atoms. The Morgan fingerprint density at radius 1 is 1.25 bits per heavy atom. The maximum Gasteiger partial charge on any atom is 0.362 e. The van der Waals surface area contributed by atoms with Gasteiger partial charge in [-0.25, -0.2) is 4.79 Å². The van der Waals surface area contributed by atoms with E-state index < -0.39 is 5.60 Å². The molecule has 0 aliphatic rings. The molecule has 0 rings (SSSR count). The lowest BCUT2D eigenvalue weighted by Gasteiger charge is -2.35. The average Bonchev–Trinajstić information content (AvgIpc) is 1.99. The Morgan fingerprint density at radius 3 is 2.00 bits per heavy atom. The van der Waals surface area contributed by atoms with Crippen molar-refractivity contribution in [1.82, 2.24) is 0 Å². The highest BCUT2D eigenvalue weighted by atomic mass is 16.6. The Morgan fingerprint density at radius 2 is 1.69 bits per heavy atom. The Labute approximate surface area is 97.2 Å². The minimum Gasteiger partial charge on any atom is -0.456 e. The average molecular weight is 234 g/mol. The fourth-order valence-corrected chi connectivity index (χ4v) is 1.34. The zero-order valence-electron chi connectivity index (χ0n) is 10.9. The van der Waals surface area contributed by atoms with E-state index >= 15 is 0 Å². The zero-order chi connectivity index (χ0) is 13.0. The normalized spacial score (nSPS) is 13.0. The number of carbonyl (C=O) groups is 1. The summed E-state index contributed by atoms with van der Waals surface area (Å²) >= 11 is 0. The second-order valence-electron chi connectivity index (χ2n) is 5.54. The molecule has 0 spiro atoms. The van der Waals surface area contributed by atoms with Crippen LogP contribution in [-0.4, -0.2) is 66.2 Å². The van der Waals surface area contributed by atoms with E-state index in [0.717, 1.165) is 0 Å². The number of aliphatic hydroxyl groups is 2. The van der Waals surface area contributed by atoms with Crippen molar-refractivity contribution in [3.63, 3.8) is 0 Å². The van der Waals surface area contributed by atoms with E-state index in [1.54, 1.807) is 34.9 Å². The van der Waals surface area contributed by atoms with E-state index in [-0.39, 0.29) is 36.3 Å². The molecule has 96 valence electrons. The zero-order valence-corrected chi connectivity index (χ0v) is 10.9. The number of carbonyl (C=O) groups excluding carboxylic acids is 1. The van der Waals surface area contributed by atoms with Crippen LogP contribution in [0, 0.1) is 0 Å². The number of hydrogen-bond acceptors (Lipinski definition) is 4. The van der Waals surface area contributed by atoms with Crippen molar-refractivity contribution in [2.75, 3.05) is 33.9 Å². The molecule has 16 heavy (non-hydrogen) atoms. The fraction of sp³-hybridized carbons (Fsp3) is 0.909. The third-order valence-electron chi connectivity index (χ3n) is 2.37. The number of esters is 1. The maximum atomic E-state index is 11.6. The second kappa shape index (κ2) is 5.61. The van der Waals surface area contributed by atoms with Gasteiger partial charge < -0.3 is 19.4 Å². The summed E-state index contributed by atoms with van der Waals surface area (Å²) in [5, 5.41) is 18.2. The van der Waals surface area contributed by atoms with Crippen molar-refractivity contribution in [3.8, 4) is 0 Å². The molecule has 0 aromatic carbocycles. The topological polar surface area (TPSA) is 66.8 Å². The molecule has 0 aromatic heterocycles. The van der Waals surface area contributed by atoms with Gasteiger partial charge in [-0.1, -0.05) is 0 Å². The third kappa shape index (κ3) is 5.44. The number of rotatable bonds is 5. The van der Waals surface area contributed by atoms with Gasteiger partial charge in [-0.15, -0.1) is 0 Å². The molecule has 0 aromatic rings. The molecule has 0 aliphatic heterocycles. The Hall–Kier alpha value is -0.650. The Balaban J connectivity index is 4.41. The van der Waals surface area contributed by atoms with E-state index in [1.807, 2.05) is 0 Å². The molecular formula is C11H24NO4+. The molecule has 5 heteroatoms. The van der Waals surface area contributed by atoms with Crippen molar-refractivity contribution in [2.24, 2.45) is 0 Å². The van der Waals surface area contributed by atoms with Crippen LogP contribution in [-0.2, 0) is 9.53 Å². The first-order valence-corrected chi connectivity index (χ1v) is 5.38. The van der Waals surface area contributed by atoms with Gasteiger partial charge in [0.25, 0.3) is 0 Å². The van der Waals surface area contributed by atoms with Crippen molar-refractivity contribution < 1.29 is 24.2 Å². The van der Waals surface area contributed by atoms with E-state index in [4.69, 9.17) is 14.9 Å². The van der Waals surface area contributed by atoms with Gasteiger partial charge in [-0.2, -0.15) is 0 Å². The lowest BCUT2D eigenvalue weighted by Crippen LogP contribution is -2.55. The lowest BCUT2D eigenvalue weighted by molar-refractivity contribution is -0.909. The highest BCUT2D eigenvalue weighted by molar-refractivity contribution is 5.71. The van der Waals surface area contributed by atoms with Gasteiger partial charge in [-0.3, -0.25) is 0 Å². The number of aliphatic hydroxyl groups excluding tert-OH is 2. The molecule has 2 N–H and O–H groups in total. The predicted molar refractivity (Wildman–Crippen MR) is 60.8 cm³/mol. The highest BCUT2D eigenvalue weighted by Gasteiger charge is 2.31. The lowest BCUT2D eigenvalue weighted by atomic mass is 10.2. The second-order valence-corrected chi connectivity index (χ2v) is 5.54. The fourth-order valence-electron chi connectivity index (χ4n) is 1.34. The molecule has 0 heterocycles. The van der Waals surface area contributed by atoms with Crippen LogP contribution in [0.25, 0.3) is 0 Å². The van der Waals surface area contributed by atoms with Crippen LogP contribution in [0.5, 0.6) is 0 Å². The molecule has 0 fully saturated rings. The van der Waals surface area contributed by atoms with Crippen molar-refractivity contribution in [1.29, 1.82) is 0 Å². The van der Waals surface area contributed by atoms with E-state index in [9.17, 15) is 4.79 Å². The Kier molecular flexibility index (Phi) is 5.38. The van der Waals surface area contributed by atoms with Crippen LogP contribution in [0.4, 0.5) is 0 Å². The summed E-state index contributed by atoms with van der Waals surface area (Å²) in [5.41, 5.74) is -0.509. The van der Waals surface area contributed by atoms with Crippen LogP contribution in [0.15, 0.2) is 0 Å². The monoisotopic (exact) mass is 234 g/mol. The summed E-state index contributed by atoms with van der Waals surface area (Å²) in [6.07, 6.45) is 0. The summed E-state index contributed by atoms with van der Waals surface area (Å²) in [5.74, 6) is -0.329. The van der Waals surface area contributed by atoms with Gasteiger partial charge in [-0.05, 0) is 20.8 Å². The summed E-state index contributed by atoms with van der Waals surface area (Å²) in [6, 6.07) is -0.368. The SMILES string of the molecule is CC(C)(C)OC(=O)C[N+](C)(C)C(CO)CO. The first kappa shape index (κ1) is 15.3. The van der Waals surface area contributed by atoms with Crippen molar-refractivity contribution in [2.45, 2.75) is 32.4 Å². The molecule has 0 aliphatic carbocycles. The third-order valence-corrected chi connectivity index (χ3v) is 2.37. The van der Waals surface area contributed by atoms with Gasteiger partial charge in [0.05, 0.1) is 27.3 Å². The first-order valence-electron chi connectivity index (χ1n) is 5.38. The number of ether oxygens (including phenoxy) is 1. The largest absolute Gasteiger partial charge is 0.456 e. The van der Waals surface area contributed by atoms with E-state index in [0.29, 0.717) is 0 Å². The van der Waals surface area contributed by atoms with Crippen LogP contribution >= 0.6 is 0 Å². The number of nitrogens with zero attached hydrogens (tertiary/aromatic N) is 1. The number of quaternary nitrogens is 1. The minimum absolute atomic E-state index is 0.128. The quantitative estimate of drug-likeness (QED) is 0.509. The van der Waals surface area contributed by atoms with Crippen LogP contribution in [0.1, 0.15) is 20.8 Å². The smallest absolute Gasteiger partial charge is 0.362 e. The molecule has 0 unspecified atom stereocenters. The van der Waals surface area contributed by atoms with Gasteiger partial charge in [0.1, 0.15) is 11.6 Å². The number of likely N-dealkylation sites (N-methyl/N-ethyl adjacent to an activating group) is 1. The van der Waals surface area contributed by atoms with Crippen LogP contribution in [0.2, 0.25) is 0 Å². The predicted octanol–water partition coefficient (Wildman–Crippen LogP) is -0.242. The maximum absolute atomic E-state index is 11.6. The van der Waals surface area contributed by atoms with Gasteiger partial charge in [0, 0.05) is 0 Å². The molecule has 0 amide bonds. The Bertz CT molecular complexity index is 229. The van der Waals surface area contributed by atoms with E-state index in [1.165, 1.54) is 0 Å². The highest BCUT2D eigenvalue weighted by Crippen LogP contribution is 2.11. The van der Waals surface area contributed by atoms with Gasteiger partial charge in [0.15, 0.2) is 6.54 Å². The summed E-state index contributed by atoms with van der Waals surface area (Å²) < 4.78 is 5.41. The van der Waals surface area contributed by atoms with Gasteiger partial charge in [0.2, 0.25) is 0 Å². The molecule has 0 saturated carbocycles. The molecule has 0 atom stereocenters. The standard InChI is InChI=1S/C11H24NO4/c1-11(2,3)16-10(15)6-12(4,5)9(7-13)8-14/h9,13-14H,6-8H2,1-5H3/q+1. The summed E-state index contributed by atoms with van der Waals surface area (Å²) in [7, 11) is 3.56. The molecular weight excluding hydrogens is 210 g/mol. The molecule has 0 saturated heterocycles. The molecule has 5 nitrogen and oxygen atoms in total. The van der Waals surface area contributed by atoms with Crippen LogP contribution in [0.3, 0.4) is 0 Å². The molecule has 0 radical (unpaired) electrons. The van der Waals surface area contributed by atoms with Crippen LogP contribution < -0.4 is 0 Å². The number of hydrogen-bond donors (Lipinski definition) is 2. The van der Waals surface area contributed by atoms with Crippen molar-refractivity contribution >= 4 is 5.97 Å². The van der Waals surface area contributed by atoms with Gasteiger partial charge >= 0.3 is 5.97 Å². The van der Waals surface area contributed by atoms with Crippen molar-refractivity contribution in [3.05, 3.63) is 0 Å².